The van der Waals surface area contributed by atoms with Gasteiger partial charge in [-0.1, -0.05) is 27.7 Å². The number of ketones is 1. The largest absolute Gasteiger partial charge is 0.395 e. The van der Waals surface area contributed by atoms with Gasteiger partial charge in [-0.05, 0) is 74.0 Å². The molecule has 0 heterocycles. The normalized spacial score (nSPS) is 24.8. The van der Waals surface area contributed by atoms with Crippen molar-refractivity contribution in [2.24, 2.45) is 28.4 Å². The Hall–Kier alpha value is -0.490. The molecule has 4 aliphatic carbocycles. The highest BCUT2D eigenvalue weighted by Crippen LogP contribution is 2.60. The van der Waals surface area contributed by atoms with E-state index in [0.29, 0.717) is 41.7 Å². The van der Waals surface area contributed by atoms with Crippen molar-refractivity contribution in [3.05, 3.63) is 0 Å². The van der Waals surface area contributed by atoms with Gasteiger partial charge in [0.05, 0.1) is 13.2 Å². The molecule has 2 atom stereocenters. The van der Waals surface area contributed by atoms with Crippen LogP contribution in [0.25, 0.3) is 0 Å². The van der Waals surface area contributed by atoms with Gasteiger partial charge in [0.15, 0.2) is 0 Å². The summed E-state index contributed by atoms with van der Waals surface area (Å²) >= 11 is 0. The molecule has 0 amide bonds. The predicted octanol–water partition coefficient (Wildman–Crippen LogP) is 3.41. The van der Waals surface area contributed by atoms with Gasteiger partial charge in [0.25, 0.3) is 0 Å². The van der Waals surface area contributed by atoms with Gasteiger partial charge in [-0.25, -0.2) is 0 Å². The van der Waals surface area contributed by atoms with Crippen molar-refractivity contribution >= 4 is 5.78 Å². The van der Waals surface area contributed by atoms with Crippen molar-refractivity contribution in [1.29, 1.82) is 0 Å². The van der Waals surface area contributed by atoms with Gasteiger partial charge in [-0.3, -0.25) is 4.79 Å². The fourth-order valence-electron chi connectivity index (χ4n) is 4.78. The molecule has 0 bridgehead atoms. The molecular formula is C24H46N2O3. The number of rotatable bonds is 8. The summed E-state index contributed by atoms with van der Waals surface area (Å²) in [5.74, 6) is 1.75. The minimum absolute atomic E-state index is 0.0185. The van der Waals surface area contributed by atoms with E-state index in [1.807, 2.05) is 0 Å². The first-order chi connectivity index (χ1) is 13.6. The molecule has 0 unspecified atom stereocenters. The van der Waals surface area contributed by atoms with Crippen molar-refractivity contribution in [1.82, 2.24) is 5.32 Å². The molecule has 0 aromatic heterocycles. The smallest absolute Gasteiger partial charge is 0.134 e. The van der Waals surface area contributed by atoms with Crippen LogP contribution in [0.2, 0.25) is 0 Å². The SMILES string of the molecule is CC(C)C[C@@H](N)CO.CC(C)C[C@H](CO)NC1CC2(CC2)C1.O=C1CC2(CC2)C1. The zero-order valence-electron chi connectivity index (χ0n) is 19.3. The first kappa shape index (κ1) is 24.8. The predicted molar refractivity (Wildman–Crippen MR) is 119 cm³/mol. The van der Waals surface area contributed by atoms with Crippen LogP contribution in [0.15, 0.2) is 0 Å². The third kappa shape index (κ3) is 8.64. The van der Waals surface area contributed by atoms with Crippen molar-refractivity contribution < 1.29 is 15.0 Å². The lowest BCUT2D eigenvalue weighted by Crippen LogP contribution is -2.48. The van der Waals surface area contributed by atoms with Crippen LogP contribution in [0.1, 0.15) is 91.9 Å². The lowest BCUT2D eigenvalue weighted by Gasteiger charge is -2.39. The van der Waals surface area contributed by atoms with E-state index >= 15 is 0 Å². The third-order valence-electron chi connectivity index (χ3n) is 6.87. The molecule has 5 heteroatoms. The number of nitrogens with one attached hydrogen (secondary N) is 1. The standard InChI is InChI=1S/C12H23NO.C6H15NO.C6H8O/c1-9(2)5-10(8-14)13-11-6-12(7-11)3-4-12;1-5(2)3-6(7)4-8;7-5-3-6(4-5)1-2-6/h9-11,13-14H,3-8H2,1-2H3;5-6,8H,3-4,7H2,1-2H3;1-4H2/t10-;6-;/m11./s1. The second-order valence-corrected chi connectivity index (χ2v) is 11.2. The zero-order valence-corrected chi connectivity index (χ0v) is 19.3. The van der Waals surface area contributed by atoms with E-state index in [1.54, 1.807) is 0 Å². The number of aliphatic hydroxyl groups excluding tert-OH is 2. The van der Waals surface area contributed by atoms with Crippen molar-refractivity contribution in [3.8, 4) is 0 Å². The van der Waals surface area contributed by atoms with Gasteiger partial charge >= 0.3 is 0 Å². The molecule has 4 aliphatic rings. The maximum absolute atomic E-state index is 10.4. The second-order valence-electron chi connectivity index (χ2n) is 11.2. The average Bonchev–Trinajstić information content (AvgIpc) is 3.48. The van der Waals surface area contributed by atoms with Gasteiger partial charge in [0.1, 0.15) is 5.78 Å². The van der Waals surface area contributed by atoms with Crippen LogP contribution in [0.4, 0.5) is 0 Å². The number of hydrogen-bond donors (Lipinski definition) is 4. The molecule has 4 saturated carbocycles. The van der Waals surface area contributed by atoms with Crippen LogP contribution < -0.4 is 11.1 Å². The maximum Gasteiger partial charge on any atom is 0.134 e. The molecule has 2 spiro atoms. The van der Waals surface area contributed by atoms with Gasteiger partial charge in [-0.2, -0.15) is 0 Å². The molecular weight excluding hydrogens is 364 g/mol. The summed E-state index contributed by atoms with van der Waals surface area (Å²) < 4.78 is 0. The van der Waals surface area contributed by atoms with E-state index in [9.17, 15) is 9.90 Å². The van der Waals surface area contributed by atoms with E-state index in [-0.39, 0.29) is 12.6 Å². The summed E-state index contributed by atoms with van der Waals surface area (Å²) in [6.45, 7) is 9.02. The monoisotopic (exact) mass is 410 g/mol. The Labute approximate surface area is 178 Å². The number of hydrogen-bond acceptors (Lipinski definition) is 5. The van der Waals surface area contributed by atoms with E-state index in [0.717, 1.165) is 31.1 Å². The molecule has 0 aromatic rings. The summed E-state index contributed by atoms with van der Waals surface area (Å²) in [6, 6.07) is 1.01. The van der Waals surface area contributed by atoms with Crippen LogP contribution in [0.3, 0.4) is 0 Å². The zero-order chi connectivity index (χ0) is 21.7. The molecule has 170 valence electrons. The summed E-state index contributed by atoms with van der Waals surface area (Å²) in [5.41, 5.74) is 6.79. The van der Waals surface area contributed by atoms with E-state index in [1.165, 1.54) is 38.5 Å². The van der Waals surface area contributed by atoms with E-state index < -0.39 is 0 Å². The number of carbonyl (C=O) groups excluding carboxylic acids is 1. The van der Waals surface area contributed by atoms with Crippen molar-refractivity contribution in [2.45, 2.75) is 110 Å². The average molecular weight is 411 g/mol. The molecule has 5 nitrogen and oxygen atoms in total. The lowest BCUT2D eigenvalue weighted by molar-refractivity contribution is -0.127. The maximum atomic E-state index is 10.4. The van der Waals surface area contributed by atoms with Gasteiger partial charge in [0, 0.05) is 31.0 Å². The molecule has 29 heavy (non-hydrogen) atoms. The topological polar surface area (TPSA) is 95.6 Å². The summed E-state index contributed by atoms with van der Waals surface area (Å²) in [5, 5.41) is 21.3. The van der Waals surface area contributed by atoms with Crippen LogP contribution in [0.5, 0.6) is 0 Å². The van der Waals surface area contributed by atoms with Gasteiger partial charge in [-0.15, -0.1) is 0 Å². The Morgan fingerprint density at radius 2 is 1.45 bits per heavy atom. The fourth-order valence-corrected chi connectivity index (χ4v) is 4.78. The quantitative estimate of drug-likeness (QED) is 0.492. The Morgan fingerprint density at radius 1 is 0.931 bits per heavy atom. The first-order valence-corrected chi connectivity index (χ1v) is 11.9. The Kier molecular flexibility index (Phi) is 9.14. The molecule has 5 N–H and O–H groups in total. The number of carbonyl (C=O) groups is 1. The van der Waals surface area contributed by atoms with Crippen LogP contribution >= 0.6 is 0 Å². The Morgan fingerprint density at radius 3 is 1.72 bits per heavy atom. The van der Waals surface area contributed by atoms with Gasteiger partial charge in [0.2, 0.25) is 0 Å². The molecule has 4 rings (SSSR count). The van der Waals surface area contributed by atoms with E-state index in [2.05, 4.69) is 33.0 Å². The molecule has 4 fully saturated rings. The van der Waals surface area contributed by atoms with Crippen molar-refractivity contribution in [3.63, 3.8) is 0 Å². The van der Waals surface area contributed by atoms with Crippen molar-refractivity contribution in [2.75, 3.05) is 13.2 Å². The molecule has 0 radical (unpaired) electrons. The number of aliphatic hydroxyl groups is 2. The first-order valence-electron chi connectivity index (χ1n) is 11.9. The number of Topliss-reactive ketones (excluding diaryl/α,β-unsaturated/α-hetero) is 1. The highest BCUT2D eigenvalue weighted by molar-refractivity contribution is 5.87. The van der Waals surface area contributed by atoms with Crippen LogP contribution in [-0.2, 0) is 4.79 Å². The minimum atomic E-state index is -0.0185. The minimum Gasteiger partial charge on any atom is -0.395 e. The lowest BCUT2D eigenvalue weighted by atomic mass is 9.76. The third-order valence-corrected chi connectivity index (χ3v) is 6.87. The fraction of sp³-hybridized carbons (Fsp3) is 0.958. The summed E-state index contributed by atoms with van der Waals surface area (Å²) in [7, 11) is 0. The Balaban J connectivity index is 0.000000170. The Bertz CT molecular complexity index is 494. The highest BCUT2D eigenvalue weighted by Gasteiger charge is 2.53. The van der Waals surface area contributed by atoms with E-state index in [4.69, 9.17) is 10.8 Å². The summed E-state index contributed by atoms with van der Waals surface area (Å²) in [4.78, 5) is 10.4. The second kappa shape index (κ2) is 10.7. The molecule has 0 aliphatic heterocycles. The molecule has 0 aromatic carbocycles. The van der Waals surface area contributed by atoms with Crippen LogP contribution in [0, 0.1) is 22.7 Å². The van der Waals surface area contributed by atoms with Crippen LogP contribution in [-0.4, -0.2) is 47.3 Å². The number of nitrogens with two attached hydrogens (primary N) is 1. The highest BCUT2D eigenvalue weighted by atomic mass is 16.3. The van der Waals surface area contributed by atoms with Gasteiger partial charge < -0.3 is 21.3 Å². The summed E-state index contributed by atoms with van der Waals surface area (Å²) in [6.07, 6.45) is 12.1. The molecule has 0 saturated heterocycles.